The van der Waals surface area contributed by atoms with Gasteiger partial charge in [0.1, 0.15) is 35.3 Å². The summed E-state index contributed by atoms with van der Waals surface area (Å²) in [5, 5.41) is 2.83. The lowest BCUT2D eigenvalue weighted by Gasteiger charge is -2.20. The van der Waals surface area contributed by atoms with Crippen molar-refractivity contribution in [1.82, 2.24) is 0 Å². The summed E-state index contributed by atoms with van der Waals surface area (Å²) < 4.78 is 34.4. The van der Waals surface area contributed by atoms with Crippen molar-refractivity contribution in [3.8, 4) is 28.9 Å². The molecular formula is C31H39NO7. The molecule has 0 unspecified atom stereocenters. The Morgan fingerprint density at radius 3 is 2.33 bits per heavy atom. The Labute approximate surface area is 230 Å². The minimum atomic E-state index is -0.472. The lowest BCUT2D eigenvalue weighted by atomic mass is 9.86. The summed E-state index contributed by atoms with van der Waals surface area (Å²) in [5.41, 5.74) is 3.90. The van der Waals surface area contributed by atoms with Crippen LogP contribution in [-0.2, 0) is 16.6 Å². The van der Waals surface area contributed by atoms with Crippen molar-refractivity contribution >= 4 is 11.6 Å². The average Bonchev–Trinajstić information content (AvgIpc) is 3.46. The fourth-order valence-corrected chi connectivity index (χ4v) is 4.66. The van der Waals surface area contributed by atoms with Gasteiger partial charge in [-0.05, 0) is 74.8 Å². The predicted octanol–water partition coefficient (Wildman–Crippen LogP) is 7.07. The molecular weight excluding hydrogens is 498 g/mol. The SMILES string of the molecule is COc1cc(OCCOC(C)(C)C)cc(OC)c1NC(=O)c1ccc(Oc2cc3c(cc2C)CCC3(C)C)o1. The summed E-state index contributed by atoms with van der Waals surface area (Å²) in [5.74, 6) is 1.87. The quantitative estimate of drug-likeness (QED) is 0.277. The van der Waals surface area contributed by atoms with Gasteiger partial charge in [0, 0.05) is 18.2 Å². The summed E-state index contributed by atoms with van der Waals surface area (Å²) in [4.78, 5) is 13.1. The van der Waals surface area contributed by atoms with E-state index in [4.69, 9.17) is 28.1 Å². The standard InChI is InChI=1S/C31H39NO7/c1-19-15-20-11-12-31(5,6)22(20)18-24(19)39-27-10-9-23(38-27)29(33)32-28-25(34-7)16-21(17-26(28)35-8)36-13-14-37-30(2,3)4/h9-10,15-18H,11-14H2,1-8H3,(H,32,33). The molecule has 4 rings (SSSR count). The Bertz CT molecular complexity index is 1310. The van der Waals surface area contributed by atoms with Crippen LogP contribution in [0, 0.1) is 6.92 Å². The van der Waals surface area contributed by atoms with Gasteiger partial charge in [-0.2, -0.15) is 0 Å². The second kappa shape index (κ2) is 11.2. The number of ether oxygens (including phenoxy) is 5. The second-order valence-corrected chi connectivity index (χ2v) is 11.3. The van der Waals surface area contributed by atoms with Crippen LogP contribution in [0.1, 0.15) is 68.3 Å². The van der Waals surface area contributed by atoms with Crippen molar-refractivity contribution in [2.45, 2.75) is 65.4 Å². The van der Waals surface area contributed by atoms with Crippen LogP contribution in [0.3, 0.4) is 0 Å². The van der Waals surface area contributed by atoms with Crippen LogP contribution < -0.4 is 24.3 Å². The molecule has 0 saturated heterocycles. The van der Waals surface area contributed by atoms with E-state index in [0.29, 0.717) is 36.1 Å². The molecule has 8 nitrogen and oxygen atoms in total. The maximum Gasteiger partial charge on any atom is 0.291 e. The molecule has 0 fully saturated rings. The molecule has 1 amide bonds. The number of furan rings is 1. The van der Waals surface area contributed by atoms with Crippen molar-refractivity contribution < 1.29 is 32.9 Å². The third kappa shape index (κ3) is 6.68. The van der Waals surface area contributed by atoms with Crippen LogP contribution in [0.2, 0.25) is 0 Å². The summed E-state index contributed by atoms with van der Waals surface area (Å²) in [6.45, 7) is 13.2. The van der Waals surface area contributed by atoms with Gasteiger partial charge in [0.05, 0.1) is 26.4 Å². The number of hydrogen-bond acceptors (Lipinski definition) is 7. The highest BCUT2D eigenvalue weighted by molar-refractivity contribution is 6.04. The van der Waals surface area contributed by atoms with E-state index in [1.807, 2.05) is 27.7 Å². The van der Waals surface area contributed by atoms with Crippen LogP contribution >= 0.6 is 0 Å². The monoisotopic (exact) mass is 537 g/mol. The highest BCUT2D eigenvalue weighted by atomic mass is 16.6. The molecule has 1 heterocycles. The number of anilines is 1. The molecule has 39 heavy (non-hydrogen) atoms. The van der Waals surface area contributed by atoms with Crippen molar-refractivity contribution in [3.05, 3.63) is 58.8 Å². The summed E-state index contributed by atoms with van der Waals surface area (Å²) >= 11 is 0. The minimum Gasteiger partial charge on any atom is -0.494 e. The maximum atomic E-state index is 13.1. The number of amides is 1. The number of carbonyl (C=O) groups is 1. The van der Waals surface area contributed by atoms with Crippen LogP contribution in [0.15, 0.2) is 40.8 Å². The number of methoxy groups -OCH3 is 2. The first-order valence-corrected chi connectivity index (χ1v) is 13.2. The van der Waals surface area contributed by atoms with Crippen molar-refractivity contribution in [2.75, 3.05) is 32.8 Å². The summed E-state index contributed by atoms with van der Waals surface area (Å²) in [6.07, 6.45) is 2.18. The van der Waals surface area contributed by atoms with E-state index in [9.17, 15) is 4.79 Å². The van der Waals surface area contributed by atoms with Crippen LogP contribution in [0.5, 0.6) is 28.9 Å². The fourth-order valence-electron chi connectivity index (χ4n) is 4.66. The zero-order valence-electron chi connectivity index (χ0n) is 24.2. The third-order valence-corrected chi connectivity index (χ3v) is 6.77. The van der Waals surface area contributed by atoms with E-state index in [0.717, 1.165) is 24.2 Å². The number of aryl methyl sites for hydroxylation is 2. The smallest absolute Gasteiger partial charge is 0.291 e. The van der Waals surface area contributed by atoms with Gasteiger partial charge in [0.2, 0.25) is 0 Å². The topological polar surface area (TPSA) is 88.4 Å². The zero-order valence-corrected chi connectivity index (χ0v) is 24.2. The van der Waals surface area contributed by atoms with E-state index >= 15 is 0 Å². The van der Waals surface area contributed by atoms with Gasteiger partial charge in [-0.3, -0.25) is 4.79 Å². The highest BCUT2D eigenvalue weighted by Crippen LogP contribution is 2.42. The Balaban J connectivity index is 1.46. The highest BCUT2D eigenvalue weighted by Gasteiger charge is 2.31. The van der Waals surface area contributed by atoms with Crippen molar-refractivity contribution in [2.24, 2.45) is 0 Å². The number of hydrogen-bond donors (Lipinski definition) is 1. The Morgan fingerprint density at radius 2 is 1.69 bits per heavy atom. The number of fused-ring (bicyclic) bond motifs is 1. The average molecular weight is 538 g/mol. The molecule has 0 spiro atoms. The van der Waals surface area contributed by atoms with Gasteiger partial charge in [-0.1, -0.05) is 19.9 Å². The van der Waals surface area contributed by atoms with E-state index < -0.39 is 5.91 Å². The summed E-state index contributed by atoms with van der Waals surface area (Å²) in [7, 11) is 3.02. The normalized spacial score (nSPS) is 14.1. The Morgan fingerprint density at radius 1 is 1.00 bits per heavy atom. The van der Waals surface area contributed by atoms with Gasteiger partial charge >= 0.3 is 0 Å². The zero-order chi connectivity index (χ0) is 28.4. The Hall–Kier alpha value is -3.65. The van der Waals surface area contributed by atoms with Crippen molar-refractivity contribution in [1.29, 1.82) is 0 Å². The molecule has 0 atom stereocenters. The molecule has 0 aliphatic heterocycles. The summed E-state index contributed by atoms with van der Waals surface area (Å²) in [6, 6.07) is 10.9. The first-order chi connectivity index (χ1) is 18.4. The van der Waals surface area contributed by atoms with Crippen LogP contribution in [0.4, 0.5) is 5.69 Å². The lowest BCUT2D eigenvalue weighted by molar-refractivity contribution is -0.0163. The molecule has 1 N–H and O–H groups in total. The van der Waals surface area contributed by atoms with E-state index in [1.165, 1.54) is 25.3 Å². The maximum absolute atomic E-state index is 13.1. The number of benzene rings is 2. The molecule has 2 aromatic carbocycles. The number of rotatable bonds is 10. The van der Waals surface area contributed by atoms with E-state index in [-0.39, 0.29) is 22.7 Å². The third-order valence-electron chi connectivity index (χ3n) is 6.77. The van der Waals surface area contributed by atoms with Crippen molar-refractivity contribution in [3.63, 3.8) is 0 Å². The molecule has 8 heteroatoms. The lowest BCUT2D eigenvalue weighted by Crippen LogP contribution is -2.22. The molecule has 0 bridgehead atoms. The molecule has 3 aromatic rings. The second-order valence-electron chi connectivity index (χ2n) is 11.3. The van der Waals surface area contributed by atoms with E-state index in [2.05, 4.69) is 31.3 Å². The van der Waals surface area contributed by atoms with Gasteiger partial charge in [0.15, 0.2) is 5.76 Å². The first kappa shape index (κ1) is 28.4. The van der Waals surface area contributed by atoms with Gasteiger partial charge < -0.3 is 33.4 Å². The Kier molecular flexibility index (Phi) is 8.16. The van der Waals surface area contributed by atoms with E-state index in [1.54, 1.807) is 24.3 Å². The minimum absolute atomic E-state index is 0.0907. The fraction of sp³-hybridized carbons (Fsp3) is 0.452. The van der Waals surface area contributed by atoms with Gasteiger partial charge in [-0.15, -0.1) is 0 Å². The first-order valence-electron chi connectivity index (χ1n) is 13.2. The largest absolute Gasteiger partial charge is 0.494 e. The molecule has 0 saturated carbocycles. The van der Waals surface area contributed by atoms with Crippen LogP contribution in [-0.4, -0.2) is 38.9 Å². The van der Waals surface area contributed by atoms with Crippen LogP contribution in [0.25, 0.3) is 0 Å². The van der Waals surface area contributed by atoms with Gasteiger partial charge in [0.25, 0.3) is 11.9 Å². The molecule has 210 valence electrons. The molecule has 1 aromatic heterocycles. The predicted molar refractivity (Wildman–Crippen MR) is 150 cm³/mol. The molecule has 0 radical (unpaired) electrons. The molecule has 1 aliphatic rings. The number of nitrogens with one attached hydrogen (secondary N) is 1. The van der Waals surface area contributed by atoms with Gasteiger partial charge in [-0.25, -0.2) is 0 Å². The molecule has 1 aliphatic carbocycles. The number of carbonyl (C=O) groups excluding carboxylic acids is 1.